The first-order valence-electron chi connectivity index (χ1n) is 10.3. The Morgan fingerprint density at radius 3 is 2.58 bits per heavy atom. The van der Waals surface area contributed by atoms with E-state index in [1.165, 1.54) is 16.8 Å². The van der Waals surface area contributed by atoms with Gasteiger partial charge in [-0.25, -0.2) is 9.78 Å². The first-order chi connectivity index (χ1) is 16.1. The minimum Gasteiger partial charge on any atom is -0.444 e. The summed E-state index contributed by atoms with van der Waals surface area (Å²) in [6.07, 6.45) is 4.15. The van der Waals surface area contributed by atoms with Crippen molar-refractivity contribution in [1.82, 2.24) is 19.7 Å². The minimum absolute atomic E-state index is 0.0572. The van der Waals surface area contributed by atoms with Gasteiger partial charge in [-0.05, 0) is 29.8 Å². The number of carbonyl (C=O) groups is 2. The van der Waals surface area contributed by atoms with E-state index < -0.39 is 11.7 Å². The van der Waals surface area contributed by atoms with Gasteiger partial charge in [-0.3, -0.25) is 24.3 Å². The Balaban J connectivity index is 1.42. The van der Waals surface area contributed by atoms with E-state index in [0.29, 0.717) is 18.6 Å². The molecule has 0 radical (unpaired) electrons. The number of hydrogen-bond donors (Lipinski definition) is 2. The molecule has 3 heterocycles. The van der Waals surface area contributed by atoms with Gasteiger partial charge in [-0.15, -0.1) is 0 Å². The van der Waals surface area contributed by atoms with Crippen LogP contribution in [0.15, 0.2) is 84.0 Å². The van der Waals surface area contributed by atoms with Crippen molar-refractivity contribution in [3.8, 4) is 0 Å². The standard InChI is InChI=1S/C24H21N5O4/c30-22(26-13-11-19-8-4-5-12-25-19)18-9-10-21-27-14-20(23(31)29(21)15-18)28-24(32)33-16-17-6-2-1-3-7-17/h1-10,12,14-15H,11,13,16H2,(H,26,30)(H,28,32). The zero-order valence-electron chi connectivity index (χ0n) is 17.6. The van der Waals surface area contributed by atoms with Gasteiger partial charge in [-0.2, -0.15) is 0 Å². The zero-order chi connectivity index (χ0) is 23.0. The van der Waals surface area contributed by atoms with E-state index in [1.54, 1.807) is 18.3 Å². The van der Waals surface area contributed by atoms with Crippen molar-refractivity contribution in [2.75, 3.05) is 11.9 Å². The SMILES string of the molecule is O=C(Nc1cnc2ccc(C(=O)NCCc3ccccn3)cn2c1=O)OCc1ccccc1. The molecule has 0 aliphatic rings. The molecule has 4 rings (SSSR count). The summed E-state index contributed by atoms with van der Waals surface area (Å²) in [6.45, 7) is 0.466. The fourth-order valence-corrected chi connectivity index (χ4v) is 3.12. The Morgan fingerprint density at radius 2 is 1.79 bits per heavy atom. The number of carbonyl (C=O) groups excluding carboxylic acids is 2. The summed E-state index contributed by atoms with van der Waals surface area (Å²) in [6, 6.07) is 17.9. The summed E-state index contributed by atoms with van der Waals surface area (Å²) in [5, 5.41) is 5.22. The highest BCUT2D eigenvalue weighted by Gasteiger charge is 2.12. The van der Waals surface area contributed by atoms with Crippen molar-refractivity contribution in [3.63, 3.8) is 0 Å². The Morgan fingerprint density at radius 1 is 0.970 bits per heavy atom. The van der Waals surface area contributed by atoms with Crippen LogP contribution < -0.4 is 16.2 Å². The molecule has 33 heavy (non-hydrogen) atoms. The summed E-state index contributed by atoms with van der Waals surface area (Å²) in [5.74, 6) is -0.333. The number of fused-ring (bicyclic) bond motifs is 1. The van der Waals surface area contributed by atoms with Gasteiger partial charge in [0, 0.05) is 31.1 Å². The van der Waals surface area contributed by atoms with E-state index in [4.69, 9.17) is 4.74 Å². The second kappa shape index (κ2) is 10.2. The molecule has 3 aromatic heterocycles. The number of nitrogens with zero attached hydrogens (tertiary/aromatic N) is 3. The third-order valence-electron chi connectivity index (χ3n) is 4.81. The molecule has 0 fully saturated rings. The van der Waals surface area contributed by atoms with Crippen LogP contribution in [0.25, 0.3) is 5.65 Å². The molecule has 0 aliphatic carbocycles. The number of amides is 2. The molecule has 0 saturated heterocycles. The third-order valence-corrected chi connectivity index (χ3v) is 4.81. The predicted octanol–water partition coefficient (Wildman–Crippen LogP) is 2.81. The maximum Gasteiger partial charge on any atom is 0.412 e. The van der Waals surface area contributed by atoms with Crippen molar-refractivity contribution in [2.45, 2.75) is 13.0 Å². The molecule has 4 aromatic rings. The normalized spacial score (nSPS) is 10.5. The average Bonchev–Trinajstić information content (AvgIpc) is 2.85. The molecule has 0 atom stereocenters. The van der Waals surface area contributed by atoms with E-state index in [9.17, 15) is 14.4 Å². The van der Waals surface area contributed by atoms with Crippen LogP contribution in [-0.2, 0) is 17.8 Å². The summed E-state index contributed by atoms with van der Waals surface area (Å²) in [7, 11) is 0. The van der Waals surface area contributed by atoms with Crippen LogP contribution in [0.2, 0.25) is 0 Å². The lowest BCUT2D eigenvalue weighted by Crippen LogP contribution is -2.28. The van der Waals surface area contributed by atoms with Crippen LogP contribution in [0.5, 0.6) is 0 Å². The molecule has 2 amide bonds. The fourth-order valence-electron chi connectivity index (χ4n) is 3.12. The number of nitrogens with one attached hydrogen (secondary N) is 2. The number of benzene rings is 1. The second-order valence-electron chi connectivity index (χ2n) is 7.14. The number of rotatable bonds is 7. The Hall–Kier alpha value is -4.53. The molecular formula is C24H21N5O4. The van der Waals surface area contributed by atoms with Crippen LogP contribution in [-0.4, -0.2) is 32.9 Å². The van der Waals surface area contributed by atoms with E-state index in [1.807, 2.05) is 48.5 Å². The first kappa shape index (κ1) is 21.7. The monoisotopic (exact) mass is 443 g/mol. The minimum atomic E-state index is -0.777. The van der Waals surface area contributed by atoms with Crippen molar-refractivity contribution in [1.29, 1.82) is 0 Å². The van der Waals surface area contributed by atoms with Gasteiger partial charge >= 0.3 is 6.09 Å². The largest absolute Gasteiger partial charge is 0.444 e. The molecular weight excluding hydrogens is 422 g/mol. The van der Waals surface area contributed by atoms with E-state index >= 15 is 0 Å². The lowest BCUT2D eigenvalue weighted by atomic mass is 10.2. The van der Waals surface area contributed by atoms with Gasteiger partial charge in [0.15, 0.2) is 0 Å². The summed E-state index contributed by atoms with van der Waals surface area (Å²) >= 11 is 0. The van der Waals surface area contributed by atoms with Crippen LogP contribution in [0.1, 0.15) is 21.6 Å². The van der Waals surface area contributed by atoms with Gasteiger partial charge in [-0.1, -0.05) is 36.4 Å². The van der Waals surface area contributed by atoms with Crippen LogP contribution in [0.4, 0.5) is 10.5 Å². The van der Waals surface area contributed by atoms with Gasteiger partial charge in [0.1, 0.15) is 17.9 Å². The van der Waals surface area contributed by atoms with Crippen LogP contribution >= 0.6 is 0 Å². The molecule has 0 bridgehead atoms. The van der Waals surface area contributed by atoms with Gasteiger partial charge in [0.25, 0.3) is 11.5 Å². The Bertz CT molecular complexity index is 1320. The topological polar surface area (TPSA) is 115 Å². The van der Waals surface area contributed by atoms with Crippen molar-refractivity contribution >= 4 is 23.3 Å². The maximum absolute atomic E-state index is 12.8. The van der Waals surface area contributed by atoms with E-state index in [0.717, 1.165) is 11.3 Å². The number of pyridine rings is 2. The molecule has 2 N–H and O–H groups in total. The Labute approximate surface area is 189 Å². The average molecular weight is 443 g/mol. The summed E-state index contributed by atoms with van der Waals surface area (Å²) < 4.78 is 6.36. The fraction of sp³-hybridized carbons (Fsp3) is 0.125. The Kier molecular flexibility index (Phi) is 6.70. The number of aromatic nitrogens is 3. The van der Waals surface area contributed by atoms with E-state index in [-0.39, 0.29) is 23.8 Å². The lowest BCUT2D eigenvalue weighted by molar-refractivity contribution is 0.0953. The molecule has 0 unspecified atom stereocenters. The summed E-state index contributed by atoms with van der Waals surface area (Å²) in [5.41, 5.74) is 1.73. The highest BCUT2D eigenvalue weighted by atomic mass is 16.5. The third kappa shape index (κ3) is 5.59. The number of anilines is 1. The van der Waals surface area contributed by atoms with Crippen LogP contribution in [0.3, 0.4) is 0 Å². The first-order valence-corrected chi connectivity index (χ1v) is 10.3. The van der Waals surface area contributed by atoms with Gasteiger partial charge in [0.05, 0.1) is 11.8 Å². The van der Waals surface area contributed by atoms with Gasteiger partial charge < -0.3 is 10.1 Å². The molecule has 1 aromatic carbocycles. The van der Waals surface area contributed by atoms with Crippen molar-refractivity contribution in [3.05, 3.63) is 106 Å². The van der Waals surface area contributed by atoms with Crippen molar-refractivity contribution < 1.29 is 14.3 Å². The second-order valence-corrected chi connectivity index (χ2v) is 7.14. The van der Waals surface area contributed by atoms with Crippen molar-refractivity contribution in [2.24, 2.45) is 0 Å². The highest BCUT2D eigenvalue weighted by Crippen LogP contribution is 2.07. The molecule has 9 nitrogen and oxygen atoms in total. The molecule has 0 aliphatic heterocycles. The lowest BCUT2D eigenvalue weighted by Gasteiger charge is -2.09. The molecule has 0 saturated carbocycles. The summed E-state index contributed by atoms with van der Waals surface area (Å²) in [4.78, 5) is 45.8. The number of hydrogen-bond acceptors (Lipinski definition) is 6. The number of ether oxygens (including phenoxy) is 1. The zero-order valence-corrected chi connectivity index (χ0v) is 17.6. The maximum atomic E-state index is 12.8. The quantitative estimate of drug-likeness (QED) is 0.454. The highest BCUT2D eigenvalue weighted by molar-refractivity contribution is 5.94. The van der Waals surface area contributed by atoms with Gasteiger partial charge in [0.2, 0.25) is 0 Å². The van der Waals surface area contributed by atoms with E-state index in [2.05, 4.69) is 20.6 Å². The molecule has 166 valence electrons. The van der Waals surface area contributed by atoms with Crippen LogP contribution in [0, 0.1) is 0 Å². The molecule has 0 spiro atoms. The predicted molar refractivity (Wildman–Crippen MR) is 122 cm³/mol. The molecule has 9 heteroatoms. The smallest absolute Gasteiger partial charge is 0.412 e.